The van der Waals surface area contributed by atoms with Crippen LogP contribution < -0.4 is 5.32 Å². The van der Waals surface area contributed by atoms with E-state index in [1.165, 1.54) is 6.20 Å². The fraction of sp³-hybridized carbons (Fsp3) is 0. The summed E-state index contributed by atoms with van der Waals surface area (Å²) in [5.41, 5.74) is 0.571. The van der Waals surface area contributed by atoms with Crippen molar-refractivity contribution in [1.82, 2.24) is 9.97 Å². The van der Waals surface area contributed by atoms with E-state index >= 15 is 0 Å². The summed E-state index contributed by atoms with van der Waals surface area (Å²) in [5, 5.41) is 2.38. The third-order valence-electron chi connectivity index (χ3n) is 2.81. The SMILES string of the molecule is Fc1cc(Nc2cnc3ccccc3n2)c(F)c(F)c1F. The van der Waals surface area contributed by atoms with Gasteiger partial charge in [0.2, 0.25) is 0 Å². The molecule has 3 nitrogen and oxygen atoms in total. The summed E-state index contributed by atoms with van der Waals surface area (Å²) in [6.07, 6.45) is 1.28. The Hall–Kier alpha value is -2.70. The van der Waals surface area contributed by atoms with Crippen LogP contribution in [0.1, 0.15) is 0 Å². The summed E-state index contributed by atoms with van der Waals surface area (Å²) in [6, 6.07) is 7.43. The molecule has 0 atom stereocenters. The van der Waals surface area contributed by atoms with Crippen molar-refractivity contribution < 1.29 is 17.6 Å². The lowest BCUT2D eigenvalue weighted by atomic mass is 10.2. The maximum Gasteiger partial charge on any atom is 0.199 e. The van der Waals surface area contributed by atoms with Crippen LogP contribution in [0.5, 0.6) is 0 Å². The number of nitrogens with one attached hydrogen (secondary N) is 1. The van der Waals surface area contributed by atoms with Crippen molar-refractivity contribution in [3.63, 3.8) is 0 Å². The van der Waals surface area contributed by atoms with Crippen LogP contribution in [-0.2, 0) is 0 Å². The third-order valence-corrected chi connectivity index (χ3v) is 2.81. The molecule has 0 saturated carbocycles. The lowest BCUT2D eigenvalue weighted by Gasteiger charge is -2.08. The molecule has 1 heterocycles. The average molecular weight is 293 g/mol. The van der Waals surface area contributed by atoms with Crippen LogP contribution in [0.15, 0.2) is 36.5 Å². The third kappa shape index (κ3) is 2.37. The highest BCUT2D eigenvalue weighted by Crippen LogP contribution is 2.25. The minimum atomic E-state index is -1.88. The molecule has 0 radical (unpaired) electrons. The van der Waals surface area contributed by atoms with Crippen molar-refractivity contribution in [2.24, 2.45) is 0 Å². The molecule has 21 heavy (non-hydrogen) atoms. The van der Waals surface area contributed by atoms with E-state index in [-0.39, 0.29) is 5.82 Å². The number of nitrogens with zero attached hydrogens (tertiary/aromatic N) is 2. The summed E-state index contributed by atoms with van der Waals surface area (Å²) >= 11 is 0. The van der Waals surface area contributed by atoms with E-state index in [4.69, 9.17) is 0 Å². The van der Waals surface area contributed by atoms with Crippen LogP contribution in [0.4, 0.5) is 29.1 Å². The molecule has 0 aliphatic heterocycles. The Balaban J connectivity index is 2.02. The Morgan fingerprint density at radius 2 is 1.57 bits per heavy atom. The summed E-state index contributed by atoms with van der Waals surface area (Å²) in [7, 11) is 0. The number of para-hydroxylation sites is 2. The number of rotatable bonds is 2. The minimum Gasteiger partial charge on any atom is -0.336 e. The number of anilines is 2. The number of hydrogen-bond donors (Lipinski definition) is 1. The highest BCUT2D eigenvalue weighted by atomic mass is 19.2. The van der Waals surface area contributed by atoms with Crippen molar-refractivity contribution in [2.45, 2.75) is 0 Å². The fourth-order valence-corrected chi connectivity index (χ4v) is 1.82. The number of aromatic nitrogens is 2. The molecule has 0 fully saturated rings. The first-order valence-electron chi connectivity index (χ1n) is 5.88. The summed E-state index contributed by atoms with van der Waals surface area (Å²) in [6.45, 7) is 0. The Morgan fingerprint density at radius 3 is 2.33 bits per heavy atom. The van der Waals surface area contributed by atoms with Crippen molar-refractivity contribution in [2.75, 3.05) is 5.32 Å². The highest BCUT2D eigenvalue weighted by molar-refractivity contribution is 5.76. The van der Waals surface area contributed by atoms with Gasteiger partial charge < -0.3 is 5.32 Å². The predicted molar refractivity (Wildman–Crippen MR) is 69.1 cm³/mol. The molecule has 1 N–H and O–H groups in total. The Bertz CT molecular complexity index is 836. The van der Waals surface area contributed by atoms with Gasteiger partial charge in [-0.05, 0) is 12.1 Å². The van der Waals surface area contributed by atoms with Gasteiger partial charge >= 0.3 is 0 Å². The van der Waals surface area contributed by atoms with E-state index in [0.717, 1.165) is 0 Å². The van der Waals surface area contributed by atoms with Gasteiger partial charge in [0, 0.05) is 6.07 Å². The zero-order chi connectivity index (χ0) is 15.0. The lowest BCUT2D eigenvalue weighted by Crippen LogP contribution is -2.03. The highest BCUT2D eigenvalue weighted by Gasteiger charge is 2.19. The van der Waals surface area contributed by atoms with Crippen molar-refractivity contribution in [3.05, 3.63) is 59.8 Å². The molecule has 0 spiro atoms. The van der Waals surface area contributed by atoms with Crippen molar-refractivity contribution >= 4 is 22.5 Å². The second-order valence-electron chi connectivity index (χ2n) is 4.22. The standard InChI is InChI=1S/C14H7F4N3/c15-7-5-10(13(17)14(18)12(7)16)21-11-6-19-8-3-1-2-4-9(8)20-11/h1-6H,(H,20,21). The molecule has 0 aliphatic rings. The molecule has 0 saturated heterocycles. The average Bonchev–Trinajstić information content (AvgIpc) is 2.50. The van der Waals surface area contributed by atoms with Crippen LogP contribution in [0, 0.1) is 23.3 Å². The largest absolute Gasteiger partial charge is 0.336 e. The number of fused-ring (bicyclic) bond motifs is 1. The first-order chi connectivity index (χ1) is 10.1. The number of hydrogen-bond acceptors (Lipinski definition) is 3. The van der Waals surface area contributed by atoms with Gasteiger partial charge in [0.05, 0.1) is 22.9 Å². The molecule has 3 aromatic rings. The molecular formula is C14H7F4N3. The first kappa shape index (κ1) is 13.3. The Labute approximate surface area is 116 Å². The van der Waals surface area contributed by atoms with Gasteiger partial charge in [-0.1, -0.05) is 12.1 Å². The maximum atomic E-state index is 13.5. The molecule has 106 valence electrons. The molecule has 2 aromatic carbocycles. The van der Waals surface area contributed by atoms with E-state index in [0.29, 0.717) is 17.1 Å². The molecule has 0 bridgehead atoms. The van der Waals surface area contributed by atoms with Crippen molar-refractivity contribution in [3.8, 4) is 0 Å². The first-order valence-corrected chi connectivity index (χ1v) is 5.88. The van der Waals surface area contributed by atoms with Crippen LogP contribution in [-0.4, -0.2) is 9.97 Å². The zero-order valence-electron chi connectivity index (χ0n) is 10.4. The van der Waals surface area contributed by atoms with Crippen LogP contribution in [0.2, 0.25) is 0 Å². The second-order valence-corrected chi connectivity index (χ2v) is 4.22. The zero-order valence-corrected chi connectivity index (χ0v) is 10.4. The molecule has 0 amide bonds. The predicted octanol–water partition coefficient (Wildman–Crippen LogP) is 3.93. The van der Waals surface area contributed by atoms with Gasteiger partial charge in [0.15, 0.2) is 23.3 Å². The Kier molecular flexibility index (Phi) is 3.17. The van der Waals surface area contributed by atoms with Gasteiger partial charge in [-0.3, -0.25) is 4.98 Å². The monoisotopic (exact) mass is 293 g/mol. The van der Waals surface area contributed by atoms with Gasteiger partial charge in [-0.2, -0.15) is 0 Å². The van der Waals surface area contributed by atoms with Gasteiger partial charge in [-0.15, -0.1) is 0 Å². The maximum absolute atomic E-state index is 13.5. The lowest BCUT2D eigenvalue weighted by molar-refractivity contribution is 0.411. The van der Waals surface area contributed by atoms with Crippen molar-refractivity contribution in [1.29, 1.82) is 0 Å². The normalized spacial score (nSPS) is 10.9. The van der Waals surface area contributed by atoms with E-state index in [1.54, 1.807) is 24.3 Å². The van der Waals surface area contributed by atoms with Crippen LogP contribution in [0.25, 0.3) is 11.0 Å². The molecule has 0 aliphatic carbocycles. The minimum absolute atomic E-state index is 0.0815. The van der Waals surface area contributed by atoms with E-state index < -0.39 is 29.0 Å². The summed E-state index contributed by atoms with van der Waals surface area (Å²) in [5.74, 6) is -6.68. The number of benzene rings is 2. The summed E-state index contributed by atoms with van der Waals surface area (Å²) < 4.78 is 52.7. The molecule has 1 aromatic heterocycles. The van der Waals surface area contributed by atoms with Gasteiger partial charge in [0.25, 0.3) is 0 Å². The van der Waals surface area contributed by atoms with Crippen LogP contribution in [0.3, 0.4) is 0 Å². The topological polar surface area (TPSA) is 37.8 Å². The van der Waals surface area contributed by atoms with Gasteiger partial charge in [0.1, 0.15) is 5.82 Å². The van der Waals surface area contributed by atoms with E-state index in [9.17, 15) is 17.6 Å². The molecule has 3 rings (SSSR count). The smallest absolute Gasteiger partial charge is 0.199 e. The fourth-order valence-electron chi connectivity index (χ4n) is 1.82. The Morgan fingerprint density at radius 1 is 0.857 bits per heavy atom. The van der Waals surface area contributed by atoms with Gasteiger partial charge in [-0.25, -0.2) is 22.5 Å². The summed E-state index contributed by atoms with van der Waals surface area (Å²) in [4.78, 5) is 8.17. The quantitative estimate of drug-likeness (QED) is 0.442. The molecule has 0 unspecified atom stereocenters. The molecular weight excluding hydrogens is 286 g/mol. The van der Waals surface area contributed by atoms with Crippen LogP contribution >= 0.6 is 0 Å². The number of halogens is 4. The second kappa shape index (κ2) is 5.01. The van der Waals surface area contributed by atoms with E-state index in [2.05, 4.69) is 15.3 Å². The molecule has 7 heteroatoms. The van der Waals surface area contributed by atoms with E-state index in [1.807, 2.05) is 0 Å².